The van der Waals surface area contributed by atoms with Gasteiger partial charge in [0.05, 0.1) is 10.7 Å². The number of likely N-dealkylation sites (N-methyl/N-ethyl adjacent to an activating group) is 1. The largest absolute Gasteiger partial charge is 0.451 e. The van der Waals surface area contributed by atoms with Gasteiger partial charge in [-0.2, -0.15) is 5.10 Å². The van der Waals surface area contributed by atoms with Crippen LogP contribution in [-0.4, -0.2) is 44.7 Å². The molecule has 0 unspecified atom stereocenters. The second-order valence-electron chi connectivity index (χ2n) is 6.95. The maximum absolute atomic E-state index is 13.4. The molecule has 1 aromatic carbocycles. The first-order chi connectivity index (χ1) is 14.8. The van der Waals surface area contributed by atoms with Crippen molar-refractivity contribution < 1.29 is 18.7 Å². The van der Waals surface area contributed by atoms with Crippen LogP contribution in [0, 0.1) is 19.7 Å². The van der Waals surface area contributed by atoms with Crippen molar-refractivity contribution in [1.29, 1.82) is 0 Å². The van der Waals surface area contributed by atoms with Crippen LogP contribution in [0.5, 0.6) is 0 Å². The summed E-state index contributed by atoms with van der Waals surface area (Å²) < 4.78 is 20.1. The quantitative estimate of drug-likeness (QED) is 0.517. The van der Waals surface area contributed by atoms with Crippen molar-refractivity contribution in [2.75, 3.05) is 13.2 Å². The van der Waals surface area contributed by atoms with E-state index in [1.807, 2.05) is 19.9 Å². The van der Waals surface area contributed by atoms with Gasteiger partial charge in [0.25, 0.3) is 5.91 Å². The molecule has 2 aromatic heterocycles. The number of hydrogen-bond acceptors (Lipinski definition) is 5. The Bertz CT molecular complexity index is 1120. The van der Waals surface area contributed by atoms with Gasteiger partial charge in [-0.05, 0) is 56.7 Å². The number of carbonyl (C=O) groups is 2. The molecule has 7 nitrogen and oxygen atoms in total. The minimum atomic E-state index is -0.816. The van der Waals surface area contributed by atoms with Crippen LogP contribution in [0.2, 0.25) is 5.02 Å². The van der Waals surface area contributed by atoms with Crippen molar-refractivity contribution in [1.82, 2.24) is 19.7 Å². The minimum absolute atomic E-state index is 0.104. The van der Waals surface area contributed by atoms with Crippen molar-refractivity contribution in [3.8, 4) is 5.82 Å². The fourth-order valence-electron chi connectivity index (χ4n) is 3.07. The Balaban J connectivity index is 1.69. The molecule has 0 aliphatic carbocycles. The van der Waals surface area contributed by atoms with Crippen LogP contribution in [-0.2, 0) is 16.1 Å². The average molecular weight is 445 g/mol. The van der Waals surface area contributed by atoms with Gasteiger partial charge in [-0.1, -0.05) is 23.7 Å². The third-order valence-electron chi connectivity index (χ3n) is 4.57. The summed E-state index contributed by atoms with van der Waals surface area (Å²) in [6.45, 7) is 5.60. The summed E-state index contributed by atoms with van der Waals surface area (Å²) in [7, 11) is 0. The first-order valence-electron chi connectivity index (χ1n) is 9.68. The minimum Gasteiger partial charge on any atom is -0.451 e. The van der Waals surface area contributed by atoms with E-state index >= 15 is 0 Å². The van der Waals surface area contributed by atoms with Gasteiger partial charge in [-0.25, -0.2) is 18.9 Å². The monoisotopic (exact) mass is 444 g/mol. The topological polar surface area (TPSA) is 77.3 Å². The van der Waals surface area contributed by atoms with Crippen molar-refractivity contribution >= 4 is 23.5 Å². The van der Waals surface area contributed by atoms with Crippen LogP contribution in [0.3, 0.4) is 0 Å². The van der Waals surface area contributed by atoms with E-state index in [2.05, 4.69) is 10.1 Å². The number of aromatic nitrogens is 3. The summed E-state index contributed by atoms with van der Waals surface area (Å²) in [5.74, 6) is -1.19. The lowest BCUT2D eigenvalue weighted by molar-refractivity contribution is -0.135. The highest BCUT2D eigenvalue weighted by atomic mass is 35.5. The van der Waals surface area contributed by atoms with E-state index in [0.717, 1.165) is 11.4 Å². The number of aryl methyl sites for hydroxylation is 2. The van der Waals surface area contributed by atoms with Gasteiger partial charge in [-0.3, -0.25) is 4.79 Å². The SMILES string of the molecule is CCN(Cc1cccc(F)c1)C(=O)COC(=O)c1nc(-n2nc(C)cc2C)ccc1Cl. The lowest BCUT2D eigenvalue weighted by Gasteiger charge is -2.21. The zero-order valence-electron chi connectivity index (χ0n) is 17.4. The van der Waals surface area contributed by atoms with E-state index in [-0.39, 0.29) is 23.1 Å². The summed E-state index contributed by atoms with van der Waals surface area (Å²) in [5.41, 5.74) is 2.19. The molecule has 162 valence electrons. The van der Waals surface area contributed by atoms with Gasteiger partial charge in [0, 0.05) is 18.8 Å². The van der Waals surface area contributed by atoms with E-state index < -0.39 is 18.5 Å². The number of pyridine rings is 1. The smallest absolute Gasteiger partial charge is 0.359 e. The summed E-state index contributed by atoms with van der Waals surface area (Å²) in [6, 6.07) is 11.0. The lowest BCUT2D eigenvalue weighted by Crippen LogP contribution is -2.34. The van der Waals surface area contributed by atoms with Gasteiger partial charge in [0.2, 0.25) is 0 Å². The summed E-state index contributed by atoms with van der Waals surface area (Å²) in [4.78, 5) is 30.8. The zero-order valence-corrected chi connectivity index (χ0v) is 18.2. The van der Waals surface area contributed by atoms with Crippen LogP contribution < -0.4 is 0 Å². The number of nitrogens with zero attached hydrogens (tertiary/aromatic N) is 4. The van der Waals surface area contributed by atoms with Crippen molar-refractivity contribution in [2.45, 2.75) is 27.3 Å². The number of hydrogen-bond donors (Lipinski definition) is 0. The van der Waals surface area contributed by atoms with Gasteiger partial charge < -0.3 is 9.64 Å². The Morgan fingerprint density at radius 2 is 1.97 bits per heavy atom. The molecule has 3 rings (SSSR count). The second-order valence-corrected chi connectivity index (χ2v) is 7.36. The first-order valence-corrected chi connectivity index (χ1v) is 10.1. The molecule has 1 amide bonds. The number of halogens is 2. The van der Waals surface area contributed by atoms with Crippen molar-refractivity contribution in [3.05, 3.63) is 75.9 Å². The average Bonchev–Trinajstić information content (AvgIpc) is 3.08. The number of amides is 1. The second kappa shape index (κ2) is 9.70. The summed E-state index contributed by atoms with van der Waals surface area (Å²) in [6.07, 6.45) is 0. The van der Waals surface area contributed by atoms with Gasteiger partial charge >= 0.3 is 5.97 Å². The predicted molar refractivity (Wildman–Crippen MR) is 114 cm³/mol. The highest BCUT2D eigenvalue weighted by Gasteiger charge is 2.20. The molecule has 0 saturated carbocycles. The maximum Gasteiger partial charge on any atom is 0.359 e. The van der Waals surface area contributed by atoms with Crippen LogP contribution in [0.1, 0.15) is 34.4 Å². The molecule has 0 bridgehead atoms. The molecule has 0 atom stereocenters. The van der Waals surface area contributed by atoms with Crippen LogP contribution in [0.25, 0.3) is 5.82 Å². The summed E-state index contributed by atoms with van der Waals surface area (Å²) >= 11 is 6.13. The van der Waals surface area contributed by atoms with E-state index in [1.165, 1.54) is 23.1 Å². The lowest BCUT2D eigenvalue weighted by atomic mass is 10.2. The van der Waals surface area contributed by atoms with E-state index in [4.69, 9.17) is 16.3 Å². The van der Waals surface area contributed by atoms with E-state index in [9.17, 15) is 14.0 Å². The van der Waals surface area contributed by atoms with Crippen molar-refractivity contribution in [3.63, 3.8) is 0 Å². The molecule has 31 heavy (non-hydrogen) atoms. The number of esters is 1. The number of ether oxygens (including phenoxy) is 1. The number of rotatable bonds is 7. The molecule has 0 aliphatic heterocycles. The van der Waals surface area contributed by atoms with Crippen molar-refractivity contribution in [2.24, 2.45) is 0 Å². The molecule has 9 heteroatoms. The Hall–Kier alpha value is -3.26. The van der Waals surface area contributed by atoms with Gasteiger partial charge in [0.15, 0.2) is 18.1 Å². The van der Waals surface area contributed by atoms with E-state index in [1.54, 1.807) is 29.8 Å². The molecule has 0 radical (unpaired) electrons. The highest BCUT2D eigenvalue weighted by molar-refractivity contribution is 6.33. The third kappa shape index (κ3) is 5.46. The molecule has 0 spiro atoms. The van der Waals surface area contributed by atoms with Crippen LogP contribution >= 0.6 is 11.6 Å². The molecule has 0 fully saturated rings. The Kier molecular flexibility index (Phi) is 7.02. The normalized spacial score (nSPS) is 10.7. The molecule has 3 aromatic rings. The standard InChI is InChI=1S/C22H22ClFN4O3/c1-4-27(12-16-6-5-7-17(24)11-16)20(29)13-31-22(30)21-18(23)8-9-19(25-21)28-15(3)10-14(2)26-28/h5-11H,4,12-13H2,1-3H3. The van der Waals surface area contributed by atoms with Crippen LogP contribution in [0.4, 0.5) is 4.39 Å². The molecule has 0 saturated heterocycles. The molecular weight excluding hydrogens is 423 g/mol. The fraction of sp³-hybridized carbons (Fsp3) is 0.273. The molecule has 0 aliphatic rings. The number of carbonyl (C=O) groups excluding carboxylic acids is 2. The molecule has 0 N–H and O–H groups in total. The maximum atomic E-state index is 13.4. The Labute approximate surface area is 184 Å². The van der Waals surface area contributed by atoms with Crippen LogP contribution in [0.15, 0.2) is 42.5 Å². The fourth-order valence-corrected chi connectivity index (χ4v) is 3.26. The summed E-state index contributed by atoms with van der Waals surface area (Å²) in [5, 5.41) is 4.44. The molecular formula is C22H22ClFN4O3. The first kappa shape index (κ1) is 22.4. The number of benzene rings is 1. The zero-order chi connectivity index (χ0) is 22.5. The van der Waals surface area contributed by atoms with Gasteiger partial charge in [0.1, 0.15) is 5.82 Å². The molecule has 2 heterocycles. The van der Waals surface area contributed by atoms with Gasteiger partial charge in [-0.15, -0.1) is 0 Å². The highest BCUT2D eigenvalue weighted by Crippen LogP contribution is 2.19. The third-order valence-corrected chi connectivity index (χ3v) is 4.88. The Morgan fingerprint density at radius 1 is 1.19 bits per heavy atom. The predicted octanol–water partition coefficient (Wildman–Crippen LogP) is 3.88. The van der Waals surface area contributed by atoms with E-state index in [0.29, 0.717) is 17.9 Å². The Morgan fingerprint density at radius 3 is 2.61 bits per heavy atom.